The Morgan fingerprint density at radius 3 is 2.85 bits per heavy atom. The Labute approximate surface area is 112 Å². The lowest BCUT2D eigenvalue weighted by molar-refractivity contribution is -0.402. The van der Waals surface area contributed by atoms with Crippen molar-refractivity contribution < 1.29 is 29.0 Å². The molecule has 0 amide bonds. The van der Waals surface area contributed by atoms with Gasteiger partial charge in [0.25, 0.3) is 0 Å². The number of ether oxygens (including phenoxy) is 2. The van der Waals surface area contributed by atoms with Crippen LogP contribution in [-0.2, 0) is 9.47 Å². The minimum Gasteiger partial charge on any atom is -0.400 e. The minimum absolute atomic E-state index is 0.146. The number of aliphatic hydroxyl groups excluding tert-OH is 2. The molecule has 0 saturated carbocycles. The Kier molecular flexibility index (Phi) is 3.26. The summed E-state index contributed by atoms with van der Waals surface area (Å²) in [5.74, 6) is -0.261. The number of rotatable bonds is 3. The average molecular weight is 284 g/mol. The summed E-state index contributed by atoms with van der Waals surface area (Å²) < 4.78 is 15.2. The molecule has 1 aromatic rings. The van der Waals surface area contributed by atoms with Gasteiger partial charge >= 0.3 is 5.88 Å². The van der Waals surface area contributed by atoms with Crippen LogP contribution in [-0.4, -0.2) is 58.6 Å². The highest BCUT2D eigenvalue weighted by molar-refractivity contribution is 5.76. The molecular formula is C11H12N2O7. The van der Waals surface area contributed by atoms with Crippen LogP contribution in [0, 0.1) is 10.1 Å². The molecule has 0 bridgehead atoms. The summed E-state index contributed by atoms with van der Waals surface area (Å²) in [6, 6.07) is 1.63. The summed E-state index contributed by atoms with van der Waals surface area (Å²) in [4.78, 5) is 13.8. The zero-order chi connectivity index (χ0) is 14.3. The van der Waals surface area contributed by atoms with Crippen LogP contribution in [0.4, 0.5) is 5.88 Å². The van der Waals surface area contributed by atoms with Crippen LogP contribution in [0.3, 0.4) is 0 Å². The predicted molar refractivity (Wildman–Crippen MR) is 63.4 cm³/mol. The normalized spacial score (nSPS) is 36.6. The summed E-state index contributed by atoms with van der Waals surface area (Å²) in [6.45, 7) is 0.333. The van der Waals surface area contributed by atoms with Gasteiger partial charge in [-0.2, -0.15) is 0 Å². The molecule has 2 aliphatic heterocycles. The van der Waals surface area contributed by atoms with E-state index < -0.39 is 35.3 Å². The Bertz CT molecular complexity index is 543. The van der Waals surface area contributed by atoms with Crippen LogP contribution in [0.5, 0.6) is 0 Å². The highest BCUT2D eigenvalue weighted by Gasteiger charge is 2.50. The SMILES string of the molecule is O=[N+]([O-])c1ccc(C=NC2C(O)OC3COC3C2O)o1. The summed E-state index contributed by atoms with van der Waals surface area (Å²) in [5, 5.41) is 30.2. The third kappa shape index (κ3) is 2.20. The largest absolute Gasteiger partial charge is 0.433 e. The van der Waals surface area contributed by atoms with E-state index in [1.165, 1.54) is 18.3 Å². The van der Waals surface area contributed by atoms with Crippen molar-refractivity contribution in [1.29, 1.82) is 0 Å². The molecule has 2 aliphatic rings. The van der Waals surface area contributed by atoms with Crippen LogP contribution >= 0.6 is 0 Å². The van der Waals surface area contributed by atoms with E-state index >= 15 is 0 Å². The van der Waals surface area contributed by atoms with Crippen molar-refractivity contribution in [3.63, 3.8) is 0 Å². The molecule has 1 aromatic heterocycles. The van der Waals surface area contributed by atoms with Crippen molar-refractivity contribution in [2.24, 2.45) is 4.99 Å². The third-order valence-electron chi connectivity index (χ3n) is 3.28. The highest BCUT2D eigenvalue weighted by Crippen LogP contribution is 2.30. The Balaban J connectivity index is 1.71. The average Bonchev–Trinajstić information content (AvgIpc) is 2.82. The highest BCUT2D eigenvalue weighted by atomic mass is 16.7. The van der Waals surface area contributed by atoms with E-state index in [4.69, 9.17) is 13.9 Å². The fraction of sp³-hybridized carbons (Fsp3) is 0.545. The second kappa shape index (κ2) is 4.94. The molecule has 2 N–H and O–H groups in total. The summed E-state index contributed by atoms with van der Waals surface area (Å²) in [6.07, 6.45) is -1.88. The Morgan fingerprint density at radius 2 is 2.25 bits per heavy atom. The van der Waals surface area contributed by atoms with E-state index in [2.05, 4.69) is 4.99 Å². The lowest BCUT2D eigenvalue weighted by Crippen LogP contribution is -2.64. The summed E-state index contributed by atoms with van der Waals surface area (Å²) in [5.41, 5.74) is 0. The molecule has 9 heteroatoms. The van der Waals surface area contributed by atoms with Crippen molar-refractivity contribution in [1.82, 2.24) is 0 Å². The number of furan rings is 1. The van der Waals surface area contributed by atoms with E-state index in [1.54, 1.807) is 0 Å². The van der Waals surface area contributed by atoms with Crippen molar-refractivity contribution in [3.8, 4) is 0 Å². The van der Waals surface area contributed by atoms with E-state index in [9.17, 15) is 20.3 Å². The van der Waals surface area contributed by atoms with Gasteiger partial charge < -0.3 is 24.1 Å². The van der Waals surface area contributed by atoms with Crippen LogP contribution in [0.25, 0.3) is 0 Å². The Morgan fingerprint density at radius 1 is 1.45 bits per heavy atom. The zero-order valence-corrected chi connectivity index (χ0v) is 10.2. The van der Waals surface area contributed by atoms with E-state index in [0.29, 0.717) is 6.61 Å². The molecule has 108 valence electrons. The topological polar surface area (TPSA) is 128 Å². The smallest absolute Gasteiger partial charge is 0.400 e. The molecule has 20 heavy (non-hydrogen) atoms. The van der Waals surface area contributed by atoms with Crippen LogP contribution in [0.2, 0.25) is 0 Å². The second-order valence-electron chi connectivity index (χ2n) is 4.56. The van der Waals surface area contributed by atoms with Gasteiger partial charge in [0.05, 0.1) is 18.9 Å². The molecule has 0 radical (unpaired) electrons. The fourth-order valence-corrected chi connectivity index (χ4v) is 2.17. The van der Waals surface area contributed by atoms with Crippen molar-refractivity contribution >= 4 is 12.1 Å². The molecule has 0 aliphatic carbocycles. The van der Waals surface area contributed by atoms with E-state index in [0.717, 1.165) is 0 Å². The van der Waals surface area contributed by atoms with Gasteiger partial charge in [-0.1, -0.05) is 0 Å². The van der Waals surface area contributed by atoms with Crippen LogP contribution in [0.1, 0.15) is 5.76 Å². The number of hydrogen-bond acceptors (Lipinski definition) is 8. The van der Waals surface area contributed by atoms with Crippen molar-refractivity contribution in [3.05, 3.63) is 28.0 Å². The third-order valence-corrected chi connectivity index (χ3v) is 3.28. The first kappa shape index (κ1) is 13.2. The fourth-order valence-electron chi connectivity index (χ4n) is 2.17. The Hall–Kier alpha value is -1.81. The number of nitrogens with zero attached hydrogens (tertiary/aromatic N) is 2. The van der Waals surface area contributed by atoms with Gasteiger partial charge in [-0.15, -0.1) is 0 Å². The molecule has 3 rings (SSSR count). The number of hydrogen-bond donors (Lipinski definition) is 2. The maximum atomic E-state index is 10.5. The summed E-state index contributed by atoms with van der Waals surface area (Å²) >= 11 is 0. The van der Waals surface area contributed by atoms with Crippen molar-refractivity contribution in [2.45, 2.75) is 30.6 Å². The minimum atomic E-state index is -1.25. The van der Waals surface area contributed by atoms with Gasteiger partial charge in [-0.05, 0) is 6.07 Å². The van der Waals surface area contributed by atoms with E-state index in [1.807, 2.05) is 0 Å². The van der Waals surface area contributed by atoms with Gasteiger partial charge in [0.15, 0.2) is 12.1 Å². The lowest BCUT2D eigenvalue weighted by atomic mass is 9.94. The standard InChI is InChI=1S/C11H12N2O7/c14-9-8(11(15)20-6-4-18-10(6)9)12-3-5-1-2-7(19-5)13(16)17/h1-3,6,8-11,14-15H,4H2. The maximum absolute atomic E-state index is 10.5. The quantitative estimate of drug-likeness (QED) is 0.433. The number of aliphatic hydroxyl groups is 2. The first-order chi connectivity index (χ1) is 9.56. The lowest BCUT2D eigenvalue weighted by Gasteiger charge is -2.47. The molecule has 3 heterocycles. The van der Waals surface area contributed by atoms with Gasteiger partial charge in [0, 0.05) is 0 Å². The summed E-state index contributed by atoms with van der Waals surface area (Å²) in [7, 11) is 0. The molecule has 0 aromatic carbocycles. The maximum Gasteiger partial charge on any atom is 0.433 e. The second-order valence-corrected chi connectivity index (χ2v) is 4.56. The van der Waals surface area contributed by atoms with E-state index in [-0.39, 0.29) is 11.9 Å². The molecule has 2 fully saturated rings. The monoisotopic (exact) mass is 284 g/mol. The molecule has 0 spiro atoms. The predicted octanol–water partition coefficient (Wildman–Crippen LogP) is -0.548. The van der Waals surface area contributed by atoms with Gasteiger partial charge in [-0.3, -0.25) is 15.1 Å². The number of aliphatic imine (C=N–C) groups is 1. The number of fused-ring (bicyclic) bond motifs is 1. The zero-order valence-electron chi connectivity index (χ0n) is 10.2. The first-order valence-corrected chi connectivity index (χ1v) is 5.97. The van der Waals surface area contributed by atoms with Gasteiger partial charge in [-0.25, -0.2) is 0 Å². The van der Waals surface area contributed by atoms with Crippen LogP contribution in [0.15, 0.2) is 21.5 Å². The molecular weight excluding hydrogens is 272 g/mol. The first-order valence-electron chi connectivity index (χ1n) is 5.97. The van der Waals surface area contributed by atoms with Crippen LogP contribution < -0.4 is 0 Å². The van der Waals surface area contributed by atoms with Crippen molar-refractivity contribution in [2.75, 3.05) is 6.61 Å². The van der Waals surface area contributed by atoms with Gasteiger partial charge in [0.2, 0.25) is 0 Å². The molecule has 5 unspecified atom stereocenters. The van der Waals surface area contributed by atoms with Gasteiger partial charge in [0.1, 0.15) is 29.3 Å². The number of nitro groups is 1. The molecule has 9 nitrogen and oxygen atoms in total. The molecule has 2 saturated heterocycles. The molecule has 5 atom stereocenters.